The molecule has 1 aromatic carbocycles. The van der Waals surface area contributed by atoms with Gasteiger partial charge in [0.05, 0.1) is 17.2 Å². The average molecular weight is 282 g/mol. The molecule has 108 valence electrons. The summed E-state index contributed by atoms with van der Waals surface area (Å²) in [5.41, 5.74) is 0.873. The molecule has 0 saturated heterocycles. The van der Waals surface area contributed by atoms with Crippen LogP contribution in [0.15, 0.2) is 36.7 Å². The van der Waals surface area contributed by atoms with Crippen LogP contribution in [0.1, 0.15) is 28.2 Å². The molecule has 5 heteroatoms. The van der Waals surface area contributed by atoms with Crippen LogP contribution in [0.3, 0.4) is 0 Å². The topological polar surface area (TPSA) is 61.9 Å². The van der Waals surface area contributed by atoms with E-state index in [-0.39, 0.29) is 5.91 Å². The summed E-state index contributed by atoms with van der Waals surface area (Å²) in [7, 11) is 3.72. The van der Waals surface area contributed by atoms with Crippen molar-refractivity contribution in [1.29, 1.82) is 5.26 Å². The van der Waals surface area contributed by atoms with Gasteiger partial charge in [0.2, 0.25) is 0 Å². The second kappa shape index (κ2) is 6.71. The number of amides is 1. The van der Waals surface area contributed by atoms with Gasteiger partial charge in [-0.2, -0.15) is 5.26 Å². The van der Waals surface area contributed by atoms with Gasteiger partial charge in [0.15, 0.2) is 0 Å². The molecule has 0 spiro atoms. The maximum Gasteiger partial charge on any atom is 0.254 e. The maximum atomic E-state index is 12.3. The molecule has 0 unspecified atom stereocenters. The van der Waals surface area contributed by atoms with Crippen LogP contribution in [0.5, 0.6) is 0 Å². The summed E-state index contributed by atoms with van der Waals surface area (Å²) in [6.07, 6.45) is 5.34. The van der Waals surface area contributed by atoms with Gasteiger partial charge in [-0.05, 0) is 18.6 Å². The first-order valence-electron chi connectivity index (χ1n) is 6.84. The van der Waals surface area contributed by atoms with Crippen LogP contribution in [0.25, 0.3) is 0 Å². The Labute approximate surface area is 124 Å². The number of nitrogens with zero attached hydrogens (tertiary/aromatic N) is 4. The second-order valence-corrected chi connectivity index (χ2v) is 4.94. The standard InChI is InChI=1S/C16H18N4O/c1-19-11-9-18-15(19)8-5-10-20(2)16(21)14-7-4-3-6-13(14)12-17/h3-4,6-7,9,11H,5,8,10H2,1-2H3. The third-order valence-corrected chi connectivity index (χ3v) is 3.44. The Morgan fingerprint density at radius 3 is 2.86 bits per heavy atom. The van der Waals surface area contributed by atoms with Gasteiger partial charge in [-0.15, -0.1) is 0 Å². The number of carbonyl (C=O) groups is 1. The van der Waals surface area contributed by atoms with Crippen LogP contribution >= 0.6 is 0 Å². The molecule has 0 N–H and O–H groups in total. The minimum Gasteiger partial charge on any atom is -0.342 e. The van der Waals surface area contributed by atoms with E-state index in [0.717, 1.165) is 18.7 Å². The van der Waals surface area contributed by atoms with Crippen LogP contribution < -0.4 is 0 Å². The highest BCUT2D eigenvalue weighted by atomic mass is 16.2. The first kappa shape index (κ1) is 14.8. The van der Waals surface area contributed by atoms with Gasteiger partial charge >= 0.3 is 0 Å². The highest BCUT2D eigenvalue weighted by molar-refractivity contribution is 5.96. The predicted octanol–water partition coefficient (Wildman–Crippen LogP) is 2.00. The number of aromatic nitrogens is 2. The molecule has 5 nitrogen and oxygen atoms in total. The van der Waals surface area contributed by atoms with Gasteiger partial charge in [-0.25, -0.2) is 4.98 Å². The van der Waals surface area contributed by atoms with Crippen molar-refractivity contribution < 1.29 is 4.79 Å². The highest BCUT2D eigenvalue weighted by Crippen LogP contribution is 2.10. The number of nitriles is 1. The Kier molecular flexibility index (Phi) is 4.72. The van der Waals surface area contributed by atoms with E-state index in [2.05, 4.69) is 11.1 Å². The molecular formula is C16H18N4O. The lowest BCUT2D eigenvalue weighted by Crippen LogP contribution is -2.28. The van der Waals surface area contributed by atoms with E-state index in [0.29, 0.717) is 17.7 Å². The first-order chi connectivity index (χ1) is 10.1. The number of aryl methyl sites for hydroxylation is 2. The number of rotatable bonds is 5. The molecule has 0 atom stereocenters. The lowest BCUT2D eigenvalue weighted by Gasteiger charge is -2.17. The first-order valence-corrected chi connectivity index (χ1v) is 6.84. The molecule has 0 radical (unpaired) electrons. The van der Waals surface area contributed by atoms with E-state index in [1.807, 2.05) is 17.8 Å². The molecule has 0 saturated carbocycles. The van der Waals surface area contributed by atoms with Crippen LogP contribution in [-0.2, 0) is 13.5 Å². The molecule has 2 aromatic rings. The summed E-state index contributed by atoms with van der Waals surface area (Å²) in [6, 6.07) is 8.94. The van der Waals surface area contributed by atoms with E-state index in [9.17, 15) is 4.79 Å². The summed E-state index contributed by atoms with van der Waals surface area (Å²) in [6.45, 7) is 0.630. The van der Waals surface area contributed by atoms with Crippen LogP contribution in [0.2, 0.25) is 0 Å². The van der Waals surface area contributed by atoms with Crippen molar-refractivity contribution in [2.75, 3.05) is 13.6 Å². The smallest absolute Gasteiger partial charge is 0.254 e. The largest absolute Gasteiger partial charge is 0.342 e. The fourth-order valence-electron chi connectivity index (χ4n) is 2.19. The number of imidazole rings is 1. The van der Waals surface area contributed by atoms with Gasteiger partial charge in [-0.3, -0.25) is 4.79 Å². The van der Waals surface area contributed by atoms with Gasteiger partial charge < -0.3 is 9.47 Å². The zero-order valence-corrected chi connectivity index (χ0v) is 12.3. The fourth-order valence-corrected chi connectivity index (χ4v) is 2.19. The Morgan fingerprint density at radius 1 is 1.43 bits per heavy atom. The van der Waals surface area contributed by atoms with E-state index >= 15 is 0 Å². The second-order valence-electron chi connectivity index (χ2n) is 4.94. The van der Waals surface area contributed by atoms with Crippen molar-refractivity contribution in [3.05, 3.63) is 53.6 Å². The number of hydrogen-bond donors (Lipinski definition) is 0. The molecule has 0 fully saturated rings. The Hall–Kier alpha value is -2.61. The van der Waals surface area contributed by atoms with Gasteiger partial charge in [0.1, 0.15) is 5.82 Å². The summed E-state index contributed by atoms with van der Waals surface area (Å²) in [5, 5.41) is 9.05. The van der Waals surface area contributed by atoms with E-state index in [4.69, 9.17) is 5.26 Å². The summed E-state index contributed by atoms with van der Waals surface area (Å²) < 4.78 is 1.98. The molecule has 0 bridgehead atoms. The molecule has 21 heavy (non-hydrogen) atoms. The van der Waals surface area contributed by atoms with Gasteiger partial charge in [0.25, 0.3) is 5.91 Å². The third kappa shape index (κ3) is 3.48. The lowest BCUT2D eigenvalue weighted by atomic mass is 10.1. The minimum absolute atomic E-state index is 0.119. The predicted molar refractivity (Wildman–Crippen MR) is 79.6 cm³/mol. The third-order valence-electron chi connectivity index (χ3n) is 3.44. The summed E-state index contributed by atoms with van der Waals surface area (Å²) in [4.78, 5) is 18.2. The minimum atomic E-state index is -0.119. The van der Waals surface area contributed by atoms with Gasteiger partial charge in [0, 0.05) is 39.5 Å². The quantitative estimate of drug-likeness (QED) is 0.842. The zero-order valence-electron chi connectivity index (χ0n) is 12.3. The number of carbonyl (C=O) groups excluding carboxylic acids is 1. The summed E-state index contributed by atoms with van der Waals surface area (Å²) >= 11 is 0. The fraction of sp³-hybridized carbons (Fsp3) is 0.312. The molecule has 0 aliphatic carbocycles. The Balaban J connectivity index is 1.94. The van der Waals surface area contributed by atoms with Crippen molar-refractivity contribution in [1.82, 2.24) is 14.5 Å². The monoisotopic (exact) mass is 282 g/mol. The van der Waals surface area contributed by atoms with Crippen molar-refractivity contribution >= 4 is 5.91 Å². The van der Waals surface area contributed by atoms with Crippen LogP contribution in [0.4, 0.5) is 0 Å². The van der Waals surface area contributed by atoms with Crippen molar-refractivity contribution in [2.24, 2.45) is 7.05 Å². The van der Waals surface area contributed by atoms with Crippen LogP contribution in [-0.4, -0.2) is 34.0 Å². The zero-order chi connectivity index (χ0) is 15.2. The van der Waals surface area contributed by atoms with Crippen molar-refractivity contribution in [3.63, 3.8) is 0 Å². The SMILES string of the molecule is CN(CCCc1nccn1C)C(=O)c1ccccc1C#N. The van der Waals surface area contributed by atoms with Crippen molar-refractivity contribution in [2.45, 2.75) is 12.8 Å². The summed E-state index contributed by atoms with van der Waals surface area (Å²) in [5.74, 6) is 0.889. The van der Waals surface area contributed by atoms with E-state index in [1.165, 1.54) is 0 Å². The Bertz CT molecular complexity index is 669. The van der Waals surface area contributed by atoms with Crippen LogP contribution in [0, 0.1) is 11.3 Å². The molecule has 2 rings (SSSR count). The molecule has 1 heterocycles. The van der Waals surface area contributed by atoms with E-state index in [1.54, 1.807) is 42.4 Å². The highest BCUT2D eigenvalue weighted by Gasteiger charge is 2.15. The lowest BCUT2D eigenvalue weighted by molar-refractivity contribution is 0.0793. The average Bonchev–Trinajstić information content (AvgIpc) is 2.91. The maximum absolute atomic E-state index is 12.3. The molecule has 0 aliphatic heterocycles. The normalized spacial score (nSPS) is 10.1. The van der Waals surface area contributed by atoms with Gasteiger partial charge in [-0.1, -0.05) is 12.1 Å². The van der Waals surface area contributed by atoms with Crippen molar-refractivity contribution in [3.8, 4) is 6.07 Å². The molecule has 1 aromatic heterocycles. The van der Waals surface area contributed by atoms with E-state index < -0.39 is 0 Å². The molecular weight excluding hydrogens is 264 g/mol. The number of benzene rings is 1. The Morgan fingerprint density at radius 2 is 2.19 bits per heavy atom. The molecule has 1 amide bonds. The molecule has 0 aliphatic rings. The number of hydrogen-bond acceptors (Lipinski definition) is 3.